The SMILES string of the molecule is Cc1sc(CNC2CC2)cc1CN1CCCCC1C. The van der Waals surface area contributed by atoms with Crippen molar-refractivity contribution in [2.24, 2.45) is 0 Å². The molecule has 0 radical (unpaired) electrons. The van der Waals surface area contributed by atoms with Crippen LogP contribution in [-0.4, -0.2) is 23.5 Å². The van der Waals surface area contributed by atoms with Crippen molar-refractivity contribution >= 4 is 11.3 Å². The fourth-order valence-electron chi connectivity index (χ4n) is 2.98. The zero-order chi connectivity index (χ0) is 13.2. The molecule has 0 bridgehead atoms. The number of rotatable bonds is 5. The Morgan fingerprint density at radius 1 is 1.32 bits per heavy atom. The molecule has 2 nitrogen and oxygen atoms in total. The Labute approximate surface area is 121 Å². The third kappa shape index (κ3) is 3.59. The normalized spacial score (nSPS) is 24.8. The van der Waals surface area contributed by atoms with Gasteiger partial charge in [-0.25, -0.2) is 0 Å². The highest BCUT2D eigenvalue weighted by Gasteiger charge is 2.22. The van der Waals surface area contributed by atoms with Crippen LogP contribution in [-0.2, 0) is 13.1 Å². The minimum absolute atomic E-state index is 0.765. The smallest absolute Gasteiger partial charge is 0.0302 e. The molecule has 1 saturated heterocycles. The maximum Gasteiger partial charge on any atom is 0.0302 e. The van der Waals surface area contributed by atoms with E-state index in [1.807, 2.05) is 11.3 Å². The lowest BCUT2D eigenvalue weighted by molar-refractivity contribution is 0.152. The first-order valence-corrected chi connectivity index (χ1v) is 8.59. The monoisotopic (exact) mass is 278 g/mol. The molecule has 3 heteroatoms. The fraction of sp³-hybridized carbons (Fsp3) is 0.750. The van der Waals surface area contributed by atoms with Gasteiger partial charge in [-0.1, -0.05) is 6.42 Å². The van der Waals surface area contributed by atoms with Crippen LogP contribution in [0.2, 0.25) is 0 Å². The first-order chi connectivity index (χ1) is 9.22. The molecular weight excluding hydrogens is 252 g/mol. The molecule has 1 aromatic heterocycles. The van der Waals surface area contributed by atoms with Crippen molar-refractivity contribution in [1.29, 1.82) is 0 Å². The summed E-state index contributed by atoms with van der Waals surface area (Å²) >= 11 is 1.98. The minimum Gasteiger partial charge on any atom is -0.309 e. The highest BCUT2D eigenvalue weighted by Crippen LogP contribution is 2.27. The molecule has 1 aromatic rings. The largest absolute Gasteiger partial charge is 0.309 e. The fourth-order valence-corrected chi connectivity index (χ4v) is 3.98. The summed E-state index contributed by atoms with van der Waals surface area (Å²) in [5.74, 6) is 0. The first kappa shape index (κ1) is 13.6. The highest BCUT2D eigenvalue weighted by atomic mass is 32.1. The second kappa shape index (κ2) is 5.94. The van der Waals surface area contributed by atoms with Gasteiger partial charge in [-0.2, -0.15) is 0 Å². The van der Waals surface area contributed by atoms with E-state index in [-0.39, 0.29) is 0 Å². The lowest BCUT2D eigenvalue weighted by Gasteiger charge is -2.33. The summed E-state index contributed by atoms with van der Waals surface area (Å²) in [6.07, 6.45) is 6.92. The van der Waals surface area contributed by atoms with Crippen molar-refractivity contribution < 1.29 is 0 Å². The van der Waals surface area contributed by atoms with Gasteiger partial charge in [0, 0.05) is 34.9 Å². The van der Waals surface area contributed by atoms with Crippen LogP contribution in [0.25, 0.3) is 0 Å². The molecule has 1 aliphatic heterocycles. The third-order valence-corrected chi connectivity index (χ3v) is 5.62. The van der Waals surface area contributed by atoms with Gasteiger partial charge in [0.2, 0.25) is 0 Å². The number of piperidine rings is 1. The Kier molecular flexibility index (Phi) is 4.25. The van der Waals surface area contributed by atoms with Crippen LogP contribution in [0.5, 0.6) is 0 Å². The Balaban J connectivity index is 1.59. The number of likely N-dealkylation sites (tertiary alicyclic amines) is 1. The second-order valence-corrected chi connectivity index (χ2v) is 7.61. The van der Waals surface area contributed by atoms with Gasteiger partial charge in [-0.15, -0.1) is 11.3 Å². The van der Waals surface area contributed by atoms with E-state index in [0.29, 0.717) is 0 Å². The molecule has 1 saturated carbocycles. The highest BCUT2D eigenvalue weighted by molar-refractivity contribution is 7.12. The zero-order valence-electron chi connectivity index (χ0n) is 12.2. The maximum atomic E-state index is 3.62. The van der Waals surface area contributed by atoms with Crippen LogP contribution in [0.15, 0.2) is 6.07 Å². The molecule has 1 atom stereocenters. The molecule has 0 amide bonds. The van der Waals surface area contributed by atoms with E-state index < -0.39 is 0 Å². The van der Waals surface area contributed by atoms with Crippen LogP contribution in [0.1, 0.15) is 54.3 Å². The van der Waals surface area contributed by atoms with Crippen molar-refractivity contribution in [2.45, 2.75) is 71.1 Å². The van der Waals surface area contributed by atoms with E-state index >= 15 is 0 Å². The Bertz CT molecular complexity index is 422. The van der Waals surface area contributed by atoms with Crippen LogP contribution >= 0.6 is 11.3 Å². The summed E-state index contributed by atoms with van der Waals surface area (Å²) < 4.78 is 0. The van der Waals surface area contributed by atoms with E-state index in [9.17, 15) is 0 Å². The van der Waals surface area contributed by atoms with E-state index in [1.165, 1.54) is 48.4 Å². The molecule has 106 valence electrons. The summed E-state index contributed by atoms with van der Waals surface area (Å²) in [5.41, 5.74) is 1.56. The molecule has 0 aromatic carbocycles. The summed E-state index contributed by atoms with van der Waals surface area (Å²) in [7, 11) is 0. The van der Waals surface area contributed by atoms with E-state index in [1.54, 1.807) is 5.56 Å². The molecule has 19 heavy (non-hydrogen) atoms. The van der Waals surface area contributed by atoms with Gasteiger partial charge in [-0.05, 0) is 57.7 Å². The van der Waals surface area contributed by atoms with Crippen molar-refractivity contribution in [3.05, 3.63) is 21.4 Å². The summed E-state index contributed by atoms with van der Waals surface area (Å²) in [5, 5.41) is 3.62. The van der Waals surface area contributed by atoms with Crippen LogP contribution < -0.4 is 5.32 Å². The van der Waals surface area contributed by atoms with Gasteiger partial charge in [0.15, 0.2) is 0 Å². The van der Waals surface area contributed by atoms with Gasteiger partial charge in [0.25, 0.3) is 0 Å². The van der Waals surface area contributed by atoms with Crippen molar-refractivity contribution in [1.82, 2.24) is 10.2 Å². The molecule has 2 aliphatic rings. The Morgan fingerprint density at radius 3 is 2.89 bits per heavy atom. The Hall–Kier alpha value is -0.380. The summed E-state index contributed by atoms with van der Waals surface area (Å²) in [6.45, 7) is 8.19. The minimum atomic E-state index is 0.765. The predicted molar refractivity (Wildman–Crippen MR) is 82.6 cm³/mol. The molecule has 1 unspecified atom stereocenters. The van der Waals surface area contributed by atoms with Gasteiger partial charge in [-0.3, -0.25) is 4.90 Å². The van der Waals surface area contributed by atoms with E-state index in [0.717, 1.165) is 25.2 Å². The van der Waals surface area contributed by atoms with Crippen LogP contribution in [0.4, 0.5) is 0 Å². The molecule has 3 rings (SSSR count). The lowest BCUT2D eigenvalue weighted by Crippen LogP contribution is -2.36. The quantitative estimate of drug-likeness (QED) is 0.884. The number of nitrogens with one attached hydrogen (secondary N) is 1. The van der Waals surface area contributed by atoms with Gasteiger partial charge in [0.05, 0.1) is 0 Å². The van der Waals surface area contributed by atoms with Crippen molar-refractivity contribution in [2.75, 3.05) is 6.54 Å². The third-order valence-electron chi connectivity index (χ3n) is 4.53. The van der Waals surface area contributed by atoms with Crippen molar-refractivity contribution in [3.8, 4) is 0 Å². The van der Waals surface area contributed by atoms with E-state index in [4.69, 9.17) is 0 Å². The topological polar surface area (TPSA) is 15.3 Å². The van der Waals surface area contributed by atoms with Crippen molar-refractivity contribution in [3.63, 3.8) is 0 Å². The molecule has 1 aliphatic carbocycles. The Morgan fingerprint density at radius 2 is 2.16 bits per heavy atom. The molecule has 1 N–H and O–H groups in total. The maximum absolute atomic E-state index is 3.62. The van der Waals surface area contributed by atoms with Gasteiger partial charge >= 0.3 is 0 Å². The average Bonchev–Trinajstić information content (AvgIpc) is 3.16. The lowest BCUT2D eigenvalue weighted by atomic mass is 10.0. The number of nitrogens with zero attached hydrogens (tertiary/aromatic N) is 1. The number of hydrogen-bond acceptors (Lipinski definition) is 3. The molecular formula is C16H26N2S. The molecule has 2 fully saturated rings. The van der Waals surface area contributed by atoms with Crippen LogP contribution in [0, 0.1) is 6.92 Å². The molecule has 0 spiro atoms. The standard InChI is InChI=1S/C16H26N2S/c1-12-5-3-4-8-18(12)11-14-9-16(19-13(14)2)10-17-15-6-7-15/h9,12,15,17H,3-8,10-11H2,1-2H3. The average molecular weight is 278 g/mol. The summed E-state index contributed by atoms with van der Waals surface area (Å²) in [6, 6.07) is 4.02. The van der Waals surface area contributed by atoms with Gasteiger partial charge < -0.3 is 5.32 Å². The zero-order valence-corrected chi connectivity index (χ0v) is 13.1. The number of hydrogen-bond donors (Lipinski definition) is 1. The first-order valence-electron chi connectivity index (χ1n) is 7.78. The number of thiophene rings is 1. The molecule has 2 heterocycles. The summed E-state index contributed by atoms with van der Waals surface area (Å²) in [4.78, 5) is 5.70. The predicted octanol–water partition coefficient (Wildman–Crippen LogP) is 3.68. The number of aryl methyl sites for hydroxylation is 1. The van der Waals surface area contributed by atoms with E-state index in [2.05, 4.69) is 30.1 Å². The van der Waals surface area contributed by atoms with Crippen LogP contribution in [0.3, 0.4) is 0 Å². The second-order valence-electron chi connectivity index (χ2n) is 6.26. The van der Waals surface area contributed by atoms with Gasteiger partial charge in [0.1, 0.15) is 0 Å².